The third-order valence-corrected chi connectivity index (χ3v) is 4.40. The number of rotatable bonds is 7. The molecule has 3 nitrogen and oxygen atoms in total. The van der Waals surface area contributed by atoms with Crippen molar-refractivity contribution in [1.82, 2.24) is 4.90 Å². The SMILES string of the molecule is CCC(CC)(CO)CN1CCCC(COC)C1. The van der Waals surface area contributed by atoms with Crippen LogP contribution >= 0.6 is 0 Å². The predicted molar refractivity (Wildman–Crippen MR) is 71.1 cm³/mol. The molecular formula is C14H29NO2. The summed E-state index contributed by atoms with van der Waals surface area (Å²) in [5.41, 5.74) is 0.106. The molecule has 1 saturated heterocycles. The zero-order valence-corrected chi connectivity index (χ0v) is 11.7. The van der Waals surface area contributed by atoms with Crippen molar-refractivity contribution in [3.63, 3.8) is 0 Å². The van der Waals surface area contributed by atoms with Crippen LogP contribution in [0.1, 0.15) is 39.5 Å². The Bertz CT molecular complexity index is 194. The van der Waals surface area contributed by atoms with Gasteiger partial charge in [-0.15, -0.1) is 0 Å². The molecule has 1 N–H and O–H groups in total. The van der Waals surface area contributed by atoms with Gasteiger partial charge in [0.15, 0.2) is 0 Å². The Kier molecular flexibility index (Phi) is 6.45. The Labute approximate surface area is 106 Å². The zero-order chi connectivity index (χ0) is 12.7. The van der Waals surface area contributed by atoms with Crippen molar-refractivity contribution in [1.29, 1.82) is 0 Å². The van der Waals surface area contributed by atoms with Gasteiger partial charge in [0, 0.05) is 32.2 Å². The number of nitrogens with zero attached hydrogens (tertiary/aromatic N) is 1. The Morgan fingerprint density at radius 2 is 2.06 bits per heavy atom. The Hall–Kier alpha value is -0.120. The summed E-state index contributed by atoms with van der Waals surface area (Å²) in [5, 5.41) is 9.63. The summed E-state index contributed by atoms with van der Waals surface area (Å²) in [7, 11) is 1.79. The Morgan fingerprint density at radius 1 is 1.35 bits per heavy atom. The molecule has 102 valence electrons. The van der Waals surface area contributed by atoms with Crippen molar-refractivity contribution in [2.75, 3.05) is 40.0 Å². The molecule has 0 aromatic heterocycles. The lowest BCUT2D eigenvalue weighted by Crippen LogP contribution is -2.45. The van der Waals surface area contributed by atoms with E-state index in [0.717, 1.165) is 32.5 Å². The standard InChI is InChI=1S/C14H29NO2/c1-4-14(5-2,12-16)11-15-8-6-7-13(9-15)10-17-3/h13,16H,4-12H2,1-3H3. The van der Waals surface area contributed by atoms with Gasteiger partial charge in [0.2, 0.25) is 0 Å². The van der Waals surface area contributed by atoms with Crippen molar-refractivity contribution in [3.05, 3.63) is 0 Å². The van der Waals surface area contributed by atoms with Crippen LogP contribution in [0.2, 0.25) is 0 Å². The first-order chi connectivity index (χ1) is 8.19. The second-order valence-electron chi connectivity index (χ2n) is 5.56. The quantitative estimate of drug-likeness (QED) is 0.743. The zero-order valence-electron chi connectivity index (χ0n) is 11.7. The van der Waals surface area contributed by atoms with E-state index in [1.165, 1.54) is 19.4 Å². The monoisotopic (exact) mass is 243 g/mol. The second-order valence-corrected chi connectivity index (χ2v) is 5.56. The summed E-state index contributed by atoms with van der Waals surface area (Å²) in [4.78, 5) is 2.52. The van der Waals surface area contributed by atoms with Gasteiger partial charge < -0.3 is 14.7 Å². The van der Waals surface area contributed by atoms with E-state index in [0.29, 0.717) is 12.5 Å². The largest absolute Gasteiger partial charge is 0.396 e. The second kappa shape index (κ2) is 7.34. The first-order valence-corrected chi connectivity index (χ1v) is 7.02. The number of piperidine rings is 1. The van der Waals surface area contributed by atoms with E-state index in [1.807, 2.05) is 0 Å². The molecule has 1 aliphatic heterocycles. The van der Waals surface area contributed by atoms with Gasteiger partial charge in [0.25, 0.3) is 0 Å². The number of aliphatic hydroxyl groups is 1. The van der Waals surface area contributed by atoms with Gasteiger partial charge >= 0.3 is 0 Å². The first kappa shape index (κ1) is 14.9. The first-order valence-electron chi connectivity index (χ1n) is 7.02. The molecule has 3 heteroatoms. The normalized spacial score (nSPS) is 22.9. The van der Waals surface area contributed by atoms with E-state index in [-0.39, 0.29) is 5.41 Å². The summed E-state index contributed by atoms with van der Waals surface area (Å²) in [6.45, 7) is 8.92. The third-order valence-electron chi connectivity index (χ3n) is 4.40. The minimum atomic E-state index is 0.106. The van der Waals surface area contributed by atoms with E-state index < -0.39 is 0 Å². The molecule has 0 aromatic rings. The van der Waals surface area contributed by atoms with Crippen molar-refractivity contribution < 1.29 is 9.84 Å². The lowest BCUT2D eigenvalue weighted by Gasteiger charge is -2.39. The molecule has 17 heavy (non-hydrogen) atoms. The average molecular weight is 243 g/mol. The molecular weight excluding hydrogens is 214 g/mol. The fourth-order valence-electron chi connectivity index (χ4n) is 2.89. The van der Waals surface area contributed by atoms with Crippen molar-refractivity contribution >= 4 is 0 Å². The van der Waals surface area contributed by atoms with Gasteiger partial charge in [-0.2, -0.15) is 0 Å². The maximum atomic E-state index is 9.63. The van der Waals surface area contributed by atoms with Crippen LogP contribution in [-0.2, 0) is 4.74 Å². The van der Waals surface area contributed by atoms with Crippen LogP contribution in [0.3, 0.4) is 0 Å². The van der Waals surface area contributed by atoms with Crippen LogP contribution < -0.4 is 0 Å². The molecule has 0 spiro atoms. The van der Waals surface area contributed by atoms with Gasteiger partial charge in [0.05, 0.1) is 6.61 Å². The minimum Gasteiger partial charge on any atom is -0.396 e. The molecule has 1 heterocycles. The molecule has 0 bridgehead atoms. The molecule has 1 aliphatic rings. The number of hydrogen-bond donors (Lipinski definition) is 1. The number of hydrogen-bond acceptors (Lipinski definition) is 3. The Morgan fingerprint density at radius 3 is 2.59 bits per heavy atom. The Balaban J connectivity index is 2.49. The van der Waals surface area contributed by atoms with Crippen molar-refractivity contribution in [2.45, 2.75) is 39.5 Å². The van der Waals surface area contributed by atoms with Gasteiger partial charge in [-0.05, 0) is 38.1 Å². The van der Waals surface area contributed by atoms with Crippen LogP contribution in [0, 0.1) is 11.3 Å². The van der Waals surface area contributed by atoms with E-state index >= 15 is 0 Å². The lowest BCUT2D eigenvalue weighted by molar-refractivity contribution is 0.0314. The van der Waals surface area contributed by atoms with Crippen molar-refractivity contribution in [2.24, 2.45) is 11.3 Å². The van der Waals surface area contributed by atoms with Crippen LogP contribution in [0.15, 0.2) is 0 Å². The van der Waals surface area contributed by atoms with Gasteiger partial charge in [-0.25, -0.2) is 0 Å². The number of methoxy groups -OCH3 is 1. The van der Waals surface area contributed by atoms with Crippen LogP contribution in [-0.4, -0.2) is 50.0 Å². The molecule has 0 radical (unpaired) electrons. The van der Waals surface area contributed by atoms with Crippen LogP contribution in [0.5, 0.6) is 0 Å². The molecule has 1 fully saturated rings. The fraction of sp³-hybridized carbons (Fsp3) is 1.00. The molecule has 1 atom stereocenters. The van der Waals surface area contributed by atoms with E-state index in [1.54, 1.807) is 7.11 Å². The highest BCUT2D eigenvalue weighted by atomic mass is 16.5. The summed E-state index contributed by atoms with van der Waals surface area (Å²) >= 11 is 0. The number of ether oxygens (including phenoxy) is 1. The fourth-order valence-corrected chi connectivity index (χ4v) is 2.89. The van der Waals surface area contributed by atoms with Crippen molar-refractivity contribution in [3.8, 4) is 0 Å². The third kappa shape index (κ3) is 4.23. The maximum absolute atomic E-state index is 9.63. The van der Waals surface area contributed by atoms with E-state index in [9.17, 15) is 5.11 Å². The summed E-state index contributed by atoms with van der Waals surface area (Å²) in [6.07, 6.45) is 4.68. The maximum Gasteiger partial charge on any atom is 0.0502 e. The van der Waals surface area contributed by atoms with Gasteiger partial charge in [-0.3, -0.25) is 0 Å². The highest BCUT2D eigenvalue weighted by molar-refractivity contribution is 4.83. The van der Waals surface area contributed by atoms with E-state index in [2.05, 4.69) is 18.7 Å². The number of likely N-dealkylation sites (tertiary alicyclic amines) is 1. The van der Waals surface area contributed by atoms with Gasteiger partial charge in [-0.1, -0.05) is 13.8 Å². The van der Waals surface area contributed by atoms with E-state index in [4.69, 9.17) is 4.74 Å². The minimum absolute atomic E-state index is 0.106. The predicted octanol–water partition coefficient (Wildman–Crippen LogP) is 2.14. The smallest absolute Gasteiger partial charge is 0.0502 e. The molecule has 0 aliphatic carbocycles. The summed E-state index contributed by atoms with van der Waals surface area (Å²) in [5.74, 6) is 0.679. The molecule has 1 unspecified atom stereocenters. The lowest BCUT2D eigenvalue weighted by atomic mass is 9.82. The molecule has 0 amide bonds. The number of aliphatic hydroxyl groups excluding tert-OH is 1. The topological polar surface area (TPSA) is 32.7 Å². The molecule has 0 saturated carbocycles. The van der Waals surface area contributed by atoms with Gasteiger partial charge in [0.1, 0.15) is 0 Å². The molecule has 1 rings (SSSR count). The summed E-state index contributed by atoms with van der Waals surface area (Å²) in [6, 6.07) is 0. The van der Waals surface area contributed by atoms with Crippen LogP contribution in [0.25, 0.3) is 0 Å². The van der Waals surface area contributed by atoms with Crippen LogP contribution in [0.4, 0.5) is 0 Å². The highest BCUT2D eigenvalue weighted by Crippen LogP contribution is 2.29. The highest BCUT2D eigenvalue weighted by Gasteiger charge is 2.30. The molecule has 0 aromatic carbocycles. The average Bonchev–Trinajstić information content (AvgIpc) is 2.37. The summed E-state index contributed by atoms with van der Waals surface area (Å²) < 4.78 is 5.26.